The highest BCUT2D eigenvalue weighted by molar-refractivity contribution is 5.79. The second kappa shape index (κ2) is 6.91. The van der Waals surface area contributed by atoms with Crippen molar-refractivity contribution in [1.29, 1.82) is 0 Å². The molecule has 2 saturated heterocycles. The number of rotatable bonds is 3. The third-order valence-electron chi connectivity index (χ3n) is 5.48. The summed E-state index contributed by atoms with van der Waals surface area (Å²) in [6, 6.07) is 7.88. The van der Waals surface area contributed by atoms with Crippen LogP contribution in [0.25, 0.3) is 0 Å². The normalized spacial score (nSPS) is 25.6. The predicted octanol–water partition coefficient (Wildman–Crippen LogP) is 2.85. The fraction of sp³-hybridized carbons (Fsp3) is 0.632. The van der Waals surface area contributed by atoms with Gasteiger partial charge < -0.3 is 14.5 Å². The zero-order valence-corrected chi connectivity index (χ0v) is 14.4. The van der Waals surface area contributed by atoms with Crippen LogP contribution in [0.15, 0.2) is 24.3 Å². The van der Waals surface area contributed by atoms with Crippen LogP contribution in [-0.2, 0) is 4.79 Å². The molecule has 4 nitrogen and oxygen atoms in total. The number of aryl methyl sites for hydroxylation is 1. The van der Waals surface area contributed by atoms with Gasteiger partial charge in [0.1, 0.15) is 5.75 Å². The molecule has 126 valence electrons. The number of para-hydroxylation sites is 1. The van der Waals surface area contributed by atoms with Gasteiger partial charge in [0.05, 0.1) is 0 Å². The van der Waals surface area contributed by atoms with Gasteiger partial charge in [0, 0.05) is 18.6 Å². The summed E-state index contributed by atoms with van der Waals surface area (Å²) in [5.41, 5.74) is 1.16. The van der Waals surface area contributed by atoms with Crippen molar-refractivity contribution in [3.63, 3.8) is 0 Å². The Hall–Kier alpha value is -1.55. The molecule has 2 aliphatic rings. The number of benzene rings is 1. The Morgan fingerprint density at radius 1 is 1.13 bits per heavy atom. The molecule has 0 aromatic heterocycles. The topological polar surface area (TPSA) is 32.8 Å². The smallest absolute Gasteiger partial charge is 0.260 e. The Morgan fingerprint density at radius 2 is 1.87 bits per heavy atom. The van der Waals surface area contributed by atoms with Gasteiger partial charge in [-0.3, -0.25) is 4.79 Å². The molecule has 1 atom stereocenters. The number of carbonyl (C=O) groups is 1. The van der Waals surface area contributed by atoms with E-state index in [4.69, 9.17) is 4.74 Å². The minimum Gasteiger partial charge on any atom is -0.484 e. The summed E-state index contributed by atoms with van der Waals surface area (Å²) >= 11 is 0. The number of carbonyl (C=O) groups excluding carboxylic acids is 1. The highest BCUT2D eigenvalue weighted by Crippen LogP contribution is 2.38. The second-order valence-electron chi connectivity index (χ2n) is 7.08. The van der Waals surface area contributed by atoms with Gasteiger partial charge in [-0.2, -0.15) is 0 Å². The highest BCUT2D eigenvalue weighted by atomic mass is 16.5. The average molecular weight is 316 g/mol. The molecule has 23 heavy (non-hydrogen) atoms. The van der Waals surface area contributed by atoms with Crippen LogP contribution in [-0.4, -0.2) is 54.5 Å². The maximum Gasteiger partial charge on any atom is 0.260 e. The van der Waals surface area contributed by atoms with Gasteiger partial charge in [-0.15, -0.1) is 0 Å². The molecule has 2 heterocycles. The van der Waals surface area contributed by atoms with Crippen molar-refractivity contribution >= 4 is 5.91 Å². The number of amides is 1. The van der Waals surface area contributed by atoms with E-state index in [0.717, 1.165) is 56.6 Å². The lowest BCUT2D eigenvalue weighted by atomic mass is 9.87. The quantitative estimate of drug-likeness (QED) is 0.859. The fourth-order valence-corrected chi connectivity index (χ4v) is 4.10. The lowest BCUT2D eigenvalue weighted by molar-refractivity contribution is -0.138. The molecule has 0 radical (unpaired) electrons. The minimum absolute atomic E-state index is 0.0803. The van der Waals surface area contributed by atoms with E-state index in [-0.39, 0.29) is 18.1 Å². The van der Waals surface area contributed by atoms with Gasteiger partial charge >= 0.3 is 0 Å². The molecule has 1 spiro atoms. The van der Waals surface area contributed by atoms with Crippen LogP contribution in [0.5, 0.6) is 5.75 Å². The van der Waals surface area contributed by atoms with Crippen molar-refractivity contribution in [2.24, 2.45) is 0 Å². The molecule has 4 heteroatoms. The SMILES string of the molecule is Cc1ccccc1OCC(=O)N1CCC[C@]12CCCN(C)CC2. The first kappa shape index (κ1) is 16.3. The Balaban J connectivity index is 1.65. The molecule has 2 aliphatic heterocycles. The summed E-state index contributed by atoms with van der Waals surface area (Å²) in [5.74, 6) is 0.963. The van der Waals surface area contributed by atoms with E-state index in [1.165, 1.54) is 6.42 Å². The molecule has 1 amide bonds. The first-order valence-corrected chi connectivity index (χ1v) is 8.78. The Morgan fingerprint density at radius 3 is 2.65 bits per heavy atom. The van der Waals surface area contributed by atoms with E-state index in [0.29, 0.717) is 0 Å². The van der Waals surface area contributed by atoms with E-state index >= 15 is 0 Å². The molecule has 2 fully saturated rings. The third kappa shape index (κ3) is 3.52. The average Bonchev–Trinajstić information content (AvgIpc) is 2.86. The molecule has 0 saturated carbocycles. The van der Waals surface area contributed by atoms with Gasteiger partial charge in [-0.05, 0) is 64.3 Å². The van der Waals surface area contributed by atoms with Crippen LogP contribution in [0.2, 0.25) is 0 Å². The standard InChI is InChI=1S/C19H28N2O2/c1-16-7-3-4-8-17(16)23-15-18(22)21-13-6-10-19(21)9-5-12-20(2)14-11-19/h3-4,7-8H,5-6,9-15H2,1-2H3/t19-/m0/s1. The molecule has 3 rings (SSSR count). The van der Waals surface area contributed by atoms with Gasteiger partial charge in [0.15, 0.2) is 6.61 Å². The van der Waals surface area contributed by atoms with Gasteiger partial charge in [-0.1, -0.05) is 18.2 Å². The van der Waals surface area contributed by atoms with Crippen molar-refractivity contribution in [3.8, 4) is 5.75 Å². The molecule has 0 N–H and O–H groups in total. The Bertz CT molecular complexity index is 560. The summed E-state index contributed by atoms with van der Waals surface area (Å²) in [6.45, 7) is 5.28. The zero-order valence-electron chi connectivity index (χ0n) is 14.4. The maximum absolute atomic E-state index is 12.8. The van der Waals surface area contributed by atoms with Gasteiger partial charge in [0.2, 0.25) is 0 Å². The van der Waals surface area contributed by atoms with Crippen molar-refractivity contribution in [2.45, 2.75) is 44.6 Å². The third-order valence-corrected chi connectivity index (χ3v) is 5.48. The number of hydrogen-bond donors (Lipinski definition) is 0. The van der Waals surface area contributed by atoms with Crippen LogP contribution < -0.4 is 4.74 Å². The summed E-state index contributed by atoms with van der Waals surface area (Å²) in [6.07, 6.45) is 5.68. The first-order valence-electron chi connectivity index (χ1n) is 8.78. The minimum atomic E-state index is 0.0803. The van der Waals surface area contributed by atoms with Crippen LogP contribution >= 0.6 is 0 Å². The van der Waals surface area contributed by atoms with Crippen molar-refractivity contribution in [2.75, 3.05) is 33.3 Å². The van der Waals surface area contributed by atoms with Crippen LogP contribution in [0.1, 0.15) is 37.7 Å². The summed E-state index contributed by atoms with van der Waals surface area (Å²) in [4.78, 5) is 17.3. The van der Waals surface area contributed by atoms with Crippen LogP contribution in [0.3, 0.4) is 0 Å². The molecule has 0 bridgehead atoms. The number of nitrogens with zero attached hydrogens (tertiary/aromatic N) is 2. The van der Waals surface area contributed by atoms with Crippen molar-refractivity contribution in [3.05, 3.63) is 29.8 Å². The first-order chi connectivity index (χ1) is 11.1. The lowest BCUT2D eigenvalue weighted by Gasteiger charge is -2.38. The lowest BCUT2D eigenvalue weighted by Crippen LogP contribution is -2.49. The number of likely N-dealkylation sites (tertiary alicyclic amines) is 2. The summed E-state index contributed by atoms with van der Waals surface area (Å²) < 4.78 is 5.80. The van der Waals surface area contributed by atoms with Crippen LogP contribution in [0.4, 0.5) is 0 Å². The molecule has 1 aromatic rings. The highest BCUT2D eigenvalue weighted by Gasteiger charge is 2.43. The molecular formula is C19H28N2O2. The fourth-order valence-electron chi connectivity index (χ4n) is 4.10. The predicted molar refractivity (Wildman–Crippen MR) is 91.7 cm³/mol. The Kier molecular flexibility index (Phi) is 4.90. The van der Waals surface area contributed by atoms with E-state index < -0.39 is 0 Å². The monoisotopic (exact) mass is 316 g/mol. The molecule has 0 aliphatic carbocycles. The maximum atomic E-state index is 12.8. The van der Waals surface area contributed by atoms with Gasteiger partial charge in [-0.25, -0.2) is 0 Å². The summed E-state index contributed by atoms with van der Waals surface area (Å²) in [7, 11) is 2.18. The molecule has 1 aromatic carbocycles. The second-order valence-corrected chi connectivity index (χ2v) is 7.08. The Labute approximate surface area is 139 Å². The van der Waals surface area contributed by atoms with E-state index in [1.807, 2.05) is 31.2 Å². The molecular weight excluding hydrogens is 288 g/mol. The molecule has 0 unspecified atom stereocenters. The zero-order chi connectivity index (χ0) is 16.3. The number of ether oxygens (including phenoxy) is 1. The van der Waals surface area contributed by atoms with E-state index in [9.17, 15) is 4.79 Å². The largest absolute Gasteiger partial charge is 0.484 e. The number of hydrogen-bond acceptors (Lipinski definition) is 3. The van der Waals surface area contributed by atoms with Gasteiger partial charge in [0.25, 0.3) is 5.91 Å². The van der Waals surface area contributed by atoms with E-state index in [2.05, 4.69) is 16.8 Å². The van der Waals surface area contributed by atoms with E-state index in [1.54, 1.807) is 0 Å². The van der Waals surface area contributed by atoms with Crippen LogP contribution in [0, 0.1) is 6.92 Å². The summed E-state index contributed by atoms with van der Waals surface area (Å²) in [5, 5.41) is 0. The van der Waals surface area contributed by atoms with Crippen molar-refractivity contribution < 1.29 is 9.53 Å². The van der Waals surface area contributed by atoms with Crippen molar-refractivity contribution in [1.82, 2.24) is 9.80 Å².